The van der Waals surface area contributed by atoms with Crippen LogP contribution in [0.15, 0.2) is 35.7 Å². The van der Waals surface area contributed by atoms with Crippen LogP contribution >= 0.6 is 0 Å². The Labute approximate surface area is 111 Å². The highest BCUT2D eigenvalue weighted by molar-refractivity contribution is 5.91. The number of hydrogen-bond donors (Lipinski definition) is 0. The molecule has 5 heteroatoms. The molecule has 0 saturated heterocycles. The number of carbonyl (C=O) groups excluding carboxylic acids is 1. The van der Waals surface area contributed by atoms with Crippen molar-refractivity contribution in [3.05, 3.63) is 36.1 Å². The zero-order valence-electron chi connectivity index (χ0n) is 10.6. The molecule has 3 rings (SSSR count). The van der Waals surface area contributed by atoms with Crippen LogP contribution in [0.3, 0.4) is 0 Å². The molecule has 0 unspecified atom stereocenters. The number of hydrogen-bond acceptors (Lipinski definition) is 3. The summed E-state index contributed by atoms with van der Waals surface area (Å²) in [4.78, 5) is 16.8. The maximum atomic E-state index is 12.4. The Bertz CT molecular complexity index is 625. The van der Waals surface area contributed by atoms with Crippen LogP contribution in [-0.4, -0.2) is 21.9 Å². The van der Waals surface area contributed by atoms with Crippen molar-refractivity contribution in [3.63, 3.8) is 0 Å². The Morgan fingerprint density at radius 2 is 2.21 bits per heavy atom. The monoisotopic (exact) mass is 255 g/mol. The van der Waals surface area contributed by atoms with Gasteiger partial charge in [-0.3, -0.25) is 4.79 Å². The van der Waals surface area contributed by atoms with Crippen molar-refractivity contribution >= 4 is 16.8 Å². The molecular weight excluding hydrogens is 240 g/mol. The molecule has 1 aliphatic rings. The maximum absolute atomic E-state index is 12.4. The van der Waals surface area contributed by atoms with Crippen LogP contribution in [0.4, 0.5) is 0 Å². The Morgan fingerprint density at radius 3 is 2.95 bits per heavy atom. The number of aromatic nitrogens is 2. The lowest BCUT2D eigenvalue weighted by atomic mass is 9.91. The van der Waals surface area contributed by atoms with Crippen molar-refractivity contribution in [2.75, 3.05) is 6.54 Å². The van der Waals surface area contributed by atoms with Crippen LogP contribution in [0.25, 0.3) is 16.6 Å². The van der Waals surface area contributed by atoms with E-state index in [4.69, 9.17) is 5.53 Å². The molecular formula is C14H15N4O-. The van der Waals surface area contributed by atoms with Crippen molar-refractivity contribution in [3.8, 4) is 0 Å². The second kappa shape index (κ2) is 4.57. The first-order valence-corrected chi connectivity index (χ1v) is 6.55. The van der Waals surface area contributed by atoms with E-state index >= 15 is 0 Å². The van der Waals surface area contributed by atoms with E-state index in [1.54, 1.807) is 6.20 Å². The van der Waals surface area contributed by atoms with Crippen molar-refractivity contribution in [1.82, 2.24) is 9.55 Å². The van der Waals surface area contributed by atoms with Gasteiger partial charge in [0.05, 0.1) is 6.54 Å². The Hall–Kier alpha value is -2.04. The van der Waals surface area contributed by atoms with E-state index < -0.39 is 5.54 Å². The summed E-state index contributed by atoms with van der Waals surface area (Å²) in [5.41, 5.74) is 8.95. The van der Waals surface area contributed by atoms with Gasteiger partial charge in [-0.05, 0) is 31.0 Å². The number of ketones is 1. The van der Waals surface area contributed by atoms with Crippen LogP contribution in [0.1, 0.15) is 25.7 Å². The second-order valence-corrected chi connectivity index (χ2v) is 5.06. The smallest absolute Gasteiger partial charge is 0.178 e. The number of nitrogens with zero attached hydrogens (tertiary/aromatic N) is 4. The maximum Gasteiger partial charge on any atom is 0.178 e. The Kier molecular flexibility index (Phi) is 2.89. The van der Waals surface area contributed by atoms with Crippen LogP contribution < -0.4 is 0 Å². The molecule has 5 nitrogen and oxygen atoms in total. The van der Waals surface area contributed by atoms with Gasteiger partial charge in [-0.15, -0.1) is 0 Å². The highest BCUT2D eigenvalue weighted by Crippen LogP contribution is 2.39. The SMILES string of the molecule is [N-]=NCC(=O)C1(n2ccc3cccnc32)CCCC1. The number of Topliss-reactive ketones (excluding diaryl/α,β-unsaturated/α-hetero) is 1. The summed E-state index contributed by atoms with van der Waals surface area (Å²) in [6.07, 6.45) is 7.29. The molecule has 0 radical (unpaired) electrons. The van der Waals surface area contributed by atoms with Crippen molar-refractivity contribution in [2.45, 2.75) is 31.2 Å². The fourth-order valence-electron chi connectivity index (χ4n) is 3.14. The van der Waals surface area contributed by atoms with Gasteiger partial charge in [0.1, 0.15) is 11.2 Å². The molecule has 1 saturated carbocycles. The number of carbonyl (C=O) groups is 1. The average molecular weight is 255 g/mol. The molecule has 2 aromatic heterocycles. The van der Waals surface area contributed by atoms with E-state index in [1.807, 2.05) is 29.0 Å². The summed E-state index contributed by atoms with van der Waals surface area (Å²) in [6, 6.07) is 5.85. The first-order chi connectivity index (χ1) is 9.28. The minimum atomic E-state index is -0.581. The van der Waals surface area contributed by atoms with E-state index in [-0.39, 0.29) is 12.3 Å². The van der Waals surface area contributed by atoms with Gasteiger partial charge in [0.25, 0.3) is 0 Å². The summed E-state index contributed by atoms with van der Waals surface area (Å²) < 4.78 is 1.98. The fourth-order valence-corrected chi connectivity index (χ4v) is 3.14. The normalized spacial score (nSPS) is 17.7. The van der Waals surface area contributed by atoms with Crippen LogP contribution in [0, 0.1) is 0 Å². The van der Waals surface area contributed by atoms with Gasteiger partial charge < -0.3 is 15.2 Å². The molecule has 1 aliphatic carbocycles. The van der Waals surface area contributed by atoms with Crippen molar-refractivity contribution < 1.29 is 4.79 Å². The molecule has 2 aromatic rings. The third kappa shape index (κ3) is 1.77. The van der Waals surface area contributed by atoms with E-state index in [1.165, 1.54) is 0 Å². The first-order valence-electron chi connectivity index (χ1n) is 6.55. The van der Waals surface area contributed by atoms with Crippen LogP contribution in [0.2, 0.25) is 0 Å². The summed E-state index contributed by atoms with van der Waals surface area (Å²) in [5, 5.41) is 4.06. The molecule has 0 amide bonds. The van der Waals surface area contributed by atoms with Crippen molar-refractivity contribution in [2.24, 2.45) is 5.11 Å². The van der Waals surface area contributed by atoms with E-state index in [9.17, 15) is 4.79 Å². The van der Waals surface area contributed by atoms with Gasteiger partial charge in [-0.1, -0.05) is 12.8 Å². The van der Waals surface area contributed by atoms with Crippen LogP contribution in [-0.2, 0) is 10.3 Å². The average Bonchev–Trinajstić information content (AvgIpc) is 3.06. The minimum Gasteiger partial charge on any atom is -0.712 e. The van der Waals surface area contributed by atoms with E-state index in [0.29, 0.717) is 0 Å². The highest BCUT2D eigenvalue weighted by atomic mass is 16.1. The van der Waals surface area contributed by atoms with Crippen LogP contribution in [0.5, 0.6) is 0 Å². The fraction of sp³-hybridized carbons (Fsp3) is 0.429. The van der Waals surface area contributed by atoms with Gasteiger partial charge in [0.2, 0.25) is 0 Å². The molecule has 19 heavy (non-hydrogen) atoms. The first kappa shape index (κ1) is 12.0. The van der Waals surface area contributed by atoms with Gasteiger partial charge in [-0.2, -0.15) is 0 Å². The molecule has 0 atom stereocenters. The lowest BCUT2D eigenvalue weighted by Gasteiger charge is -2.30. The molecule has 0 aliphatic heterocycles. The molecule has 2 heterocycles. The predicted octanol–water partition coefficient (Wildman–Crippen LogP) is 2.90. The summed E-state index contributed by atoms with van der Waals surface area (Å²) in [6.45, 7) is -0.146. The zero-order chi connectivity index (χ0) is 13.3. The zero-order valence-corrected chi connectivity index (χ0v) is 10.6. The third-order valence-electron chi connectivity index (χ3n) is 4.07. The molecule has 0 spiro atoms. The van der Waals surface area contributed by atoms with Gasteiger partial charge >= 0.3 is 0 Å². The second-order valence-electron chi connectivity index (χ2n) is 5.06. The molecule has 1 fully saturated rings. The number of rotatable bonds is 4. The number of fused-ring (bicyclic) bond motifs is 1. The molecule has 0 aromatic carbocycles. The predicted molar refractivity (Wildman–Crippen MR) is 71.8 cm³/mol. The Morgan fingerprint density at radius 1 is 1.42 bits per heavy atom. The number of pyridine rings is 1. The van der Waals surface area contributed by atoms with Gasteiger partial charge in [0, 0.05) is 17.8 Å². The molecule has 98 valence electrons. The Balaban J connectivity index is 2.14. The molecule has 0 N–H and O–H groups in total. The quantitative estimate of drug-likeness (QED) is 0.788. The largest absolute Gasteiger partial charge is 0.712 e. The van der Waals surface area contributed by atoms with Gasteiger partial charge in [-0.25, -0.2) is 4.98 Å². The third-order valence-corrected chi connectivity index (χ3v) is 4.07. The standard InChI is InChI=1S/C14H15N4O/c15-17-10-12(19)14(6-1-2-7-14)18-9-5-11-4-3-8-16-13(11)18/h3-5,8-9H,1-2,6-7,10H2/q-1. The summed E-state index contributed by atoms with van der Waals surface area (Å²) in [7, 11) is 0. The lowest BCUT2D eigenvalue weighted by molar-refractivity contribution is -0.125. The van der Waals surface area contributed by atoms with E-state index in [2.05, 4.69) is 10.1 Å². The highest BCUT2D eigenvalue weighted by Gasteiger charge is 2.42. The lowest BCUT2D eigenvalue weighted by Crippen LogP contribution is -2.40. The van der Waals surface area contributed by atoms with Crippen molar-refractivity contribution in [1.29, 1.82) is 0 Å². The topological polar surface area (TPSA) is 69.5 Å². The van der Waals surface area contributed by atoms with Gasteiger partial charge in [0.15, 0.2) is 5.78 Å². The van der Waals surface area contributed by atoms with E-state index in [0.717, 1.165) is 36.7 Å². The minimum absolute atomic E-state index is 0.0318. The summed E-state index contributed by atoms with van der Waals surface area (Å²) >= 11 is 0. The summed E-state index contributed by atoms with van der Waals surface area (Å²) in [5.74, 6) is -0.0318. The molecule has 0 bridgehead atoms.